The highest BCUT2D eigenvalue weighted by atomic mass is 35.5. The van der Waals surface area contributed by atoms with Crippen LogP contribution in [0.5, 0.6) is 0 Å². The Kier molecular flexibility index (Phi) is 2.88. The van der Waals surface area contributed by atoms with E-state index in [0.717, 1.165) is 6.54 Å². The quantitative estimate of drug-likeness (QED) is 0.641. The maximum atomic E-state index is 5.05. The first-order valence-electron chi connectivity index (χ1n) is 3.38. The number of hydrogen-bond acceptors (Lipinski definition) is 2. The van der Waals surface area contributed by atoms with E-state index in [1.807, 2.05) is 12.1 Å². The lowest BCUT2D eigenvalue weighted by Crippen LogP contribution is -2.20. The highest BCUT2D eigenvalue weighted by Gasteiger charge is 2.05. The van der Waals surface area contributed by atoms with Gasteiger partial charge in [0.05, 0.1) is 6.61 Å². The maximum absolute atomic E-state index is 5.05. The van der Waals surface area contributed by atoms with Gasteiger partial charge in [0.25, 0.3) is 0 Å². The zero-order chi connectivity index (χ0) is 6.81. The molecule has 0 atom stereocenters. The van der Waals surface area contributed by atoms with E-state index in [-0.39, 0.29) is 12.4 Å². The van der Waals surface area contributed by atoms with Gasteiger partial charge in [-0.1, -0.05) is 24.3 Å². The molecule has 0 aliphatic carbocycles. The molecular formula is C8H10ClNO. The van der Waals surface area contributed by atoms with Gasteiger partial charge in [0.1, 0.15) is 0 Å². The summed E-state index contributed by atoms with van der Waals surface area (Å²) in [6.45, 7) is 1.52. The molecule has 60 valence electrons. The number of hydrogen-bond donors (Lipinski definition) is 1. The molecule has 1 aliphatic rings. The normalized spacial score (nSPS) is 14.9. The van der Waals surface area contributed by atoms with Crippen molar-refractivity contribution in [3.63, 3.8) is 0 Å². The summed E-state index contributed by atoms with van der Waals surface area (Å²) in [5.41, 5.74) is 5.48. The summed E-state index contributed by atoms with van der Waals surface area (Å²) < 4.78 is 0. The molecule has 0 spiro atoms. The van der Waals surface area contributed by atoms with Crippen molar-refractivity contribution < 1.29 is 4.84 Å². The van der Waals surface area contributed by atoms with Crippen LogP contribution in [-0.2, 0) is 18.0 Å². The van der Waals surface area contributed by atoms with Gasteiger partial charge in [-0.25, -0.2) is 0 Å². The zero-order valence-corrected chi connectivity index (χ0v) is 6.86. The lowest BCUT2D eigenvalue weighted by Gasteiger charge is -2.15. The molecular weight excluding hydrogens is 162 g/mol. The van der Waals surface area contributed by atoms with Gasteiger partial charge in [0.2, 0.25) is 0 Å². The second-order valence-electron chi connectivity index (χ2n) is 2.38. The predicted octanol–water partition coefficient (Wildman–Crippen LogP) is 1.64. The molecule has 1 aromatic carbocycles. The number of nitrogens with one attached hydrogen (secondary N) is 1. The van der Waals surface area contributed by atoms with Crippen LogP contribution in [0, 0.1) is 0 Å². The van der Waals surface area contributed by atoms with Crippen LogP contribution in [0.3, 0.4) is 0 Å². The predicted molar refractivity (Wildman–Crippen MR) is 45.3 cm³/mol. The number of rotatable bonds is 0. The molecule has 3 heteroatoms. The molecule has 0 saturated heterocycles. The van der Waals surface area contributed by atoms with Gasteiger partial charge in [0.15, 0.2) is 0 Å². The fourth-order valence-corrected chi connectivity index (χ4v) is 1.13. The highest BCUT2D eigenvalue weighted by Crippen LogP contribution is 2.12. The van der Waals surface area contributed by atoms with Gasteiger partial charge in [-0.3, -0.25) is 4.84 Å². The van der Waals surface area contributed by atoms with Crippen molar-refractivity contribution in [2.24, 2.45) is 0 Å². The summed E-state index contributed by atoms with van der Waals surface area (Å²) in [6.07, 6.45) is 0. The lowest BCUT2D eigenvalue weighted by atomic mass is 10.1. The van der Waals surface area contributed by atoms with Crippen molar-refractivity contribution in [3.05, 3.63) is 35.4 Å². The van der Waals surface area contributed by atoms with Gasteiger partial charge >= 0.3 is 0 Å². The lowest BCUT2D eigenvalue weighted by molar-refractivity contribution is 0.0108. The van der Waals surface area contributed by atoms with E-state index < -0.39 is 0 Å². The number of hydroxylamine groups is 1. The average molecular weight is 172 g/mol. The number of halogens is 1. The molecule has 0 fully saturated rings. The summed E-state index contributed by atoms with van der Waals surface area (Å²) >= 11 is 0. The zero-order valence-electron chi connectivity index (χ0n) is 6.04. The van der Waals surface area contributed by atoms with E-state index in [9.17, 15) is 0 Å². The molecule has 2 rings (SSSR count). The summed E-state index contributed by atoms with van der Waals surface area (Å²) in [7, 11) is 0. The molecule has 0 unspecified atom stereocenters. The largest absolute Gasteiger partial charge is 0.297 e. The van der Waals surface area contributed by atoms with Gasteiger partial charge in [-0.05, 0) is 11.1 Å². The third-order valence-electron chi connectivity index (χ3n) is 1.71. The second-order valence-corrected chi connectivity index (χ2v) is 2.38. The fraction of sp³-hybridized carbons (Fsp3) is 0.250. The molecule has 0 saturated carbocycles. The minimum Gasteiger partial charge on any atom is -0.297 e. The van der Waals surface area contributed by atoms with Crippen LogP contribution in [0.2, 0.25) is 0 Å². The Morgan fingerprint density at radius 2 is 1.91 bits per heavy atom. The molecule has 0 bridgehead atoms. The molecule has 1 aliphatic heterocycles. The van der Waals surface area contributed by atoms with E-state index in [0.29, 0.717) is 6.61 Å². The first-order chi connectivity index (χ1) is 4.97. The van der Waals surface area contributed by atoms with Crippen molar-refractivity contribution in [1.29, 1.82) is 0 Å². The first kappa shape index (κ1) is 8.53. The van der Waals surface area contributed by atoms with Crippen molar-refractivity contribution in [3.8, 4) is 0 Å². The Hall–Kier alpha value is -0.570. The molecule has 0 radical (unpaired) electrons. The highest BCUT2D eigenvalue weighted by molar-refractivity contribution is 5.85. The van der Waals surface area contributed by atoms with Crippen molar-refractivity contribution >= 4 is 12.4 Å². The third-order valence-corrected chi connectivity index (χ3v) is 1.71. The molecule has 0 aromatic heterocycles. The fourth-order valence-electron chi connectivity index (χ4n) is 1.13. The van der Waals surface area contributed by atoms with Crippen molar-refractivity contribution in [2.75, 3.05) is 0 Å². The van der Waals surface area contributed by atoms with E-state index in [4.69, 9.17) is 4.84 Å². The van der Waals surface area contributed by atoms with Crippen LogP contribution in [0.4, 0.5) is 0 Å². The van der Waals surface area contributed by atoms with Crippen LogP contribution in [0.1, 0.15) is 11.1 Å². The summed E-state index contributed by atoms with van der Waals surface area (Å²) in [6, 6.07) is 8.29. The van der Waals surface area contributed by atoms with E-state index >= 15 is 0 Å². The van der Waals surface area contributed by atoms with Gasteiger partial charge in [-0.2, -0.15) is 5.48 Å². The van der Waals surface area contributed by atoms with Crippen LogP contribution >= 0.6 is 12.4 Å². The molecule has 11 heavy (non-hydrogen) atoms. The summed E-state index contributed by atoms with van der Waals surface area (Å²) in [4.78, 5) is 5.05. The minimum absolute atomic E-state index is 0. The van der Waals surface area contributed by atoms with Crippen LogP contribution in [0.15, 0.2) is 24.3 Å². The van der Waals surface area contributed by atoms with Crippen LogP contribution < -0.4 is 5.48 Å². The molecule has 0 amide bonds. The molecule has 1 aromatic rings. The second kappa shape index (κ2) is 3.72. The Morgan fingerprint density at radius 1 is 1.18 bits per heavy atom. The maximum Gasteiger partial charge on any atom is 0.0936 e. The SMILES string of the molecule is Cl.c1ccc2c(c1)CNOC2. The Morgan fingerprint density at radius 3 is 2.64 bits per heavy atom. The standard InChI is InChI=1S/C8H9NO.ClH/c1-2-4-8-6-10-9-5-7(8)3-1;/h1-4,9H,5-6H2;1H. The van der Waals surface area contributed by atoms with Gasteiger partial charge < -0.3 is 0 Å². The Labute approximate surface area is 71.9 Å². The van der Waals surface area contributed by atoms with E-state index in [1.54, 1.807) is 0 Å². The van der Waals surface area contributed by atoms with Crippen LogP contribution in [0.25, 0.3) is 0 Å². The monoisotopic (exact) mass is 171 g/mol. The van der Waals surface area contributed by atoms with Crippen LogP contribution in [-0.4, -0.2) is 0 Å². The van der Waals surface area contributed by atoms with Crippen molar-refractivity contribution in [1.82, 2.24) is 5.48 Å². The topological polar surface area (TPSA) is 21.3 Å². The van der Waals surface area contributed by atoms with E-state index in [1.165, 1.54) is 11.1 Å². The van der Waals surface area contributed by atoms with Gasteiger partial charge in [0, 0.05) is 6.54 Å². The number of benzene rings is 1. The Balaban J connectivity index is 0.000000605. The Bertz CT molecular complexity index is 214. The smallest absolute Gasteiger partial charge is 0.0936 e. The average Bonchev–Trinajstić information content (AvgIpc) is 2.05. The van der Waals surface area contributed by atoms with Crippen molar-refractivity contribution in [2.45, 2.75) is 13.2 Å². The minimum atomic E-state index is 0. The molecule has 1 heterocycles. The summed E-state index contributed by atoms with van der Waals surface area (Å²) in [5.74, 6) is 0. The third kappa shape index (κ3) is 1.71. The van der Waals surface area contributed by atoms with Gasteiger partial charge in [-0.15, -0.1) is 12.4 Å². The number of fused-ring (bicyclic) bond motifs is 1. The summed E-state index contributed by atoms with van der Waals surface area (Å²) in [5, 5.41) is 0. The first-order valence-corrected chi connectivity index (χ1v) is 3.38. The molecule has 2 nitrogen and oxygen atoms in total. The van der Waals surface area contributed by atoms with E-state index in [2.05, 4.69) is 17.6 Å². The molecule has 1 N–H and O–H groups in total.